The average Bonchev–Trinajstić information content (AvgIpc) is 2.11. The van der Waals surface area contributed by atoms with Gasteiger partial charge in [0.05, 0.1) is 6.61 Å². The van der Waals surface area contributed by atoms with Crippen molar-refractivity contribution in [1.82, 2.24) is 0 Å². The molecule has 0 amide bonds. The van der Waals surface area contributed by atoms with Crippen molar-refractivity contribution in [2.75, 3.05) is 6.61 Å². The lowest BCUT2D eigenvalue weighted by Crippen LogP contribution is -2.06. The van der Waals surface area contributed by atoms with Crippen LogP contribution in [-0.4, -0.2) is 17.5 Å². The highest BCUT2D eigenvalue weighted by Crippen LogP contribution is 2.43. The molecule has 1 N–H and O–H groups in total. The summed E-state index contributed by atoms with van der Waals surface area (Å²) in [7, 11) is -4.51. The highest BCUT2D eigenvalue weighted by molar-refractivity contribution is 7.47. The van der Waals surface area contributed by atoms with Gasteiger partial charge in [-0.15, -0.1) is 4.67 Å². The van der Waals surface area contributed by atoms with Crippen LogP contribution in [0.3, 0.4) is 0 Å². The third kappa shape index (κ3) is 5.85. The molecule has 0 aromatic carbocycles. The molecule has 0 aliphatic rings. The Morgan fingerprint density at radius 3 is 2.50 bits per heavy atom. The fourth-order valence-electron chi connectivity index (χ4n) is 0.284. The van der Waals surface area contributed by atoms with Crippen LogP contribution in [0.15, 0.2) is 12.2 Å². The SMILES string of the molecule is C=C(C)C(=O)OOP(=O)(O)OOCC. The topological polar surface area (TPSA) is 91.3 Å². The van der Waals surface area contributed by atoms with Crippen LogP contribution < -0.4 is 0 Å². The Morgan fingerprint density at radius 1 is 1.50 bits per heavy atom. The summed E-state index contributed by atoms with van der Waals surface area (Å²) in [5, 5.41) is 0. The molecular weight excluding hydrogens is 215 g/mol. The van der Waals surface area contributed by atoms with E-state index in [2.05, 4.69) is 25.7 Å². The Balaban J connectivity index is 3.93. The van der Waals surface area contributed by atoms with Crippen LogP contribution in [0, 0.1) is 0 Å². The Morgan fingerprint density at radius 2 is 2.07 bits per heavy atom. The molecule has 0 aromatic heterocycles. The fraction of sp³-hybridized carbons (Fsp3) is 0.500. The van der Waals surface area contributed by atoms with E-state index in [-0.39, 0.29) is 12.2 Å². The summed E-state index contributed by atoms with van der Waals surface area (Å²) in [4.78, 5) is 27.5. The maximum atomic E-state index is 10.8. The molecule has 14 heavy (non-hydrogen) atoms. The Kier molecular flexibility index (Phi) is 5.59. The van der Waals surface area contributed by atoms with Crippen LogP contribution in [0.1, 0.15) is 13.8 Å². The average molecular weight is 226 g/mol. The molecule has 0 aromatic rings. The highest BCUT2D eigenvalue weighted by atomic mass is 31.2. The summed E-state index contributed by atoms with van der Waals surface area (Å²) in [5.41, 5.74) is 0.0152. The zero-order chi connectivity index (χ0) is 11.2. The van der Waals surface area contributed by atoms with Crippen molar-refractivity contribution >= 4 is 13.8 Å². The van der Waals surface area contributed by atoms with Gasteiger partial charge in [0, 0.05) is 5.57 Å². The van der Waals surface area contributed by atoms with Gasteiger partial charge in [-0.2, -0.15) is 0 Å². The first-order valence-electron chi connectivity index (χ1n) is 3.59. The third-order valence-electron chi connectivity index (χ3n) is 0.820. The maximum absolute atomic E-state index is 10.8. The molecule has 0 saturated carbocycles. The van der Waals surface area contributed by atoms with Gasteiger partial charge in [0.1, 0.15) is 0 Å². The lowest BCUT2D eigenvalue weighted by atomic mass is 10.4. The van der Waals surface area contributed by atoms with E-state index in [1.54, 1.807) is 0 Å². The summed E-state index contributed by atoms with van der Waals surface area (Å²) in [6.07, 6.45) is 0. The largest absolute Gasteiger partial charge is 0.535 e. The van der Waals surface area contributed by atoms with Gasteiger partial charge in [-0.05, 0) is 13.8 Å². The molecular formula is C6H11O7P. The van der Waals surface area contributed by atoms with Crippen molar-refractivity contribution in [3.63, 3.8) is 0 Å². The molecule has 0 rings (SSSR count). The summed E-state index contributed by atoms with van der Waals surface area (Å²) in [5.74, 6) is -0.973. The van der Waals surface area contributed by atoms with Gasteiger partial charge in [-0.1, -0.05) is 11.3 Å². The van der Waals surface area contributed by atoms with Gasteiger partial charge >= 0.3 is 13.8 Å². The Labute approximate surface area is 80.7 Å². The molecule has 0 heterocycles. The zero-order valence-electron chi connectivity index (χ0n) is 7.76. The van der Waals surface area contributed by atoms with E-state index in [1.165, 1.54) is 13.8 Å². The molecule has 0 bridgehead atoms. The van der Waals surface area contributed by atoms with Crippen LogP contribution in [0.2, 0.25) is 0 Å². The van der Waals surface area contributed by atoms with Crippen LogP contribution in [0.25, 0.3) is 0 Å². The first-order valence-corrected chi connectivity index (χ1v) is 5.08. The first kappa shape index (κ1) is 13.3. The normalized spacial score (nSPS) is 14.5. The minimum absolute atomic E-state index is 0.0152. The smallest absolute Gasteiger partial charge is 0.299 e. The number of hydrogen-bond donors (Lipinski definition) is 1. The maximum Gasteiger partial charge on any atom is 0.535 e. The second-order valence-corrected chi connectivity index (χ2v) is 3.41. The van der Waals surface area contributed by atoms with E-state index in [9.17, 15) is 9.36 Å². The van der Waals surface area contributed by atoms with Gasteiger partial charge in [-0.25, -0.2) is 14.2 Å². The van der Waals surface area contributed by atoms with Gasteiger partial charge in [0.2, 0.25) is 0 Å². The predicted molar refractivity (Wildman–Crippen MR) is 44.5 cm³/mol. The van der Waals surface area contributed by atoms with Gasteiger partial charge < -0.3 is 0 Å². The van der Waals surface area contributed by atoms with Crippen molar-refractivity contribution in [3.8, 4) is 0 Å². The van der Waals surface area contributed by atoms with E-state index in [0.29, 0.717) is 0 Å². The van der Waals surface area contributed by atoms with Gasteiger partial charge in [-0.3, -0.25) is 9.78 Å². The molecule has 7 nitrogen and oxygen atoms in total. The van der Waals surface area contributed by atoms with Crippen LogP contribution in [0.5, 0.6) is 0 Å². The summed E-state index contributed by atoms with van der Waals surface area (Å²) in [6, 6.07) is 0. The van der Waals surface area contributed by atoms with Crippen molar-refractivity contribution in [3.05, 3.63) is 12.2 Å². The number of carbonyl (C=O) groups is 1. The predicted octanol–water partition coefficient (Wildman–Crippen LogP) is 1.11. The van der Waals surface area contributed by atoms with Crippen molar-refractivity contribution < 1.29 is 33.4 Å². The minimum Gasteiger partial charge on any atom is -0.299 e. The second kappa shape index (κ2) is 5.90. The van der Waals surface area contributed by atoms with E-state index in [0.717, 1.165) is 0 Å². The van der Waals surface area contributed by atoms with E-state index < -0.39 is 13.8 Å². The summed E-state index contributed by atoms with van der Waals surface area (Å²) in [6.45, 7) is 6.14. The van der Waals surface area contributed by atoms with Crippen LogP contribution in [-0.2, 0) is 28.5 Å². The summed E-state index contributed by atoms with van der Waals surface area (Å²) < 4.78 is 18.5. The number of carbonyl (C=O) groups excluding carboxylic acids is 1. The summed E-state index contributed by atoms with van der Waals surface area (Å²) >= 11 is 0. The number of rotatable bonds is 6. The molecule has 0 saturated heterocycles. The van der Waals surface area contributed by atoms with Gasteiger partial charge in [0.25, 0.3) is 0 Å². The molecule has 8 heteroatoms. The lowest BCUT2D eigenvalue weighted by Gasteiger charge is -2.08. The number of hydrogen-bond acceptors (Lipinski definition) is 6. The lowest BCUT2D eigenvalue weighted by molar-refractivity contribution is -0.265. The molecule has 1 atom stereocenters. The van der Waals surface area contributed by atoms with Crippen molar-refractivity contribution in [2.24, 2.45) is 0 Å². The monoisotopic (exact) mass is 226 g/mol. The molecule has 1 unspecified atom stereocenters. The van der Waals surface area contributed by atoms with E-state index in [4.69, 9.17) is 4.89 Å². The first-order chi connectivity index (χ1) is 6.39. The molecule has 0 aliphatic heterocycles. The Hall–Kier alpha value is -0.720. The van der Waals surface area contributed by atoms with E-state index in [1.807, 2.05) is 0 Å². The molecule has 0 fully saturated rings. The Bertz CT molecular complexity index is 261. The molecule has 0 aliphatic carbocycles. The molecule has 82 valence electrons. The van der Waals surface area contributed by atoms with Crippen LogP contribution >= 0.6 is 7.82 Å². The number of phosphoric acid groups is 1. The van der Waals surface area contributed by atoms with Crippen molar-refractivity contribution in [1.29, 1.82) is 0 Å². The fourth-order valence-corrected chi connectivity index (χ4v) is 0.709. The minimum atomic E-state index is -4.51. The quantitative estimate of drug-likeness (QED) is 0.314. The van der Waals surface area contributed by atoms with E-state index >= 15 is 0 Å². The zero-order valence-corrected chi connectivity index (χ0v) is 8.65. The highest BCUT2D eigenvalue weighted by Gasteiger charge is 2.26. The second-order valence-electron chi connectivity index (χ2n) is 2.18. The third-order valence-corrected chi connectivity index (χ3v) is 1.38. The van der Waals surface area contributed by atoms with Gasteiger partial charge in [0.15, 0.2) is 0 Å². The standard InChI is InChI=1S/C6H11O7P/c1-4-10-12-14(8,9)13-11-6(7)5(2)3/h2,4H2,1,3H3,(H,8,9). The molecule has 0 spiro atoms. The molecule has 0 radical (unpaired) electrons. The van der Waals surface area contributed by atoms with Crippen LogP contribution in [0.4, 0.5) is 0 Å². The van der Waals surface area contributed by atoms with Crippen molar-refractivity contribution in [2.45, 2.75) is 13.8 Å².